The van der Waals surface area contributed by atoms with Crippen LogP contribution in [0.2, 0.25) is 0 Å². The number of nitrogens with zero attached hydrogens (tertiary/aromatic N) is 2. The molecule has 2 heterocycles. The molecule has 0 radical (unpaired) electrons. The highest BCUT2D eigenvalue weighted by molar-refractivity contribution is 8.00. The van der Waals surface area contributed by atoms with Crippen molar-refractivity contribution in [3.63, 3.8) is 0 Å². The number of thioether (sulfide) groups is 1. The monoisotopic (exact) mass is 497 g/mol. The van der Waals surface area contributed by atoms with Crippen LogP contribution in [-0.2, 0) is 11.3 Å². The minimum Gasteiger partial charge on any atom is -0.497 e. The third-order valence-corrected chi connectivity index (χ3v) is 6.87. The van der Waals surface area contributed by atoms with Gasteiger partial charge in [0.2, 0.25) is 5.91 Å². The summed E-state index contributed by atoms with van der Waals surface area (Å²) >= 11 is 1.22. The van der Waals surface area contributed by atoms with Gasteiger partial charge in [0.05, 0.1) is 30.8 Å². The summed E-state index contributed by atoms with van der Waals surface area (Å²) in [6.45, 7) is 0.199. The van der Waals surface area contributed by atoms with Crippen molar-refractivity contribution in [1.29, 1.82) is 0 Å². The Morgan fingerprint density at radius 2 is 1.83 bits per heavy atom. The predicted molar refractivity (Wildman–Crippen MR) is 140 cm³/mol. The molecule has 8 heteroatoms. The summed E-state index contributed by atoms with van der Waals surface area (Å²) in [5.41, 5.74) is 1.77. The fraction of sp³-hybridized carbons (Fsp3) is 0.107. The van der Waals surface area contributed by atoms with Crippen molar-refractivity contribution in [2.45, 2.75) is 17.0 Å². The first-order valence-corrected chi connectivity index (χ1v) is 12.2. The molecule has 5 rings (SSSR count). The number of furan rings is 1. The molecular formula is C28H23N3O4S. The van der Waals surface area contributed by atoms with E-state index in [1.807, 2.05) is 54.6 Å². The zero-order valence-electron chi connectivity index (χ0n) is 19.5. The van der Waals surface area contributed by atoms with Crippen LogP contribution in [0.25, 0.3) is 10.9 Å². The van der Waals surface area contributed by atoms with Gasteiger partial charge in [-0.1, -0.05) is 60.3 Å². The summed E-state index contributed by atoms with van der Waals surface area (Å²) in [5.74, 6) is 1.01. The van der Waals surface area contributed by atoms with Gasteiger partial charge in [-0.3, -0.25) is 14.2 Å². The normalized spacial score (nSPS) is 11.8. The van der Waals surface area contributed by atoms with E-state index in [-0.39, 0.29) is 18.0 Å². The lowest BCUT2D eigenvalue weighted by Gasteiger charge is -2.19. The molecule has 0 bridgehead atoms. The molecule has 36 heavy (non-hydrogen) atoms. The van der Waals surface area contributed by atoms with Crippen LogP contribution in [0.4, 0.5) is 5.69 Å². The zero-order chi connectivity index (χ0) is 24.9. The molecule has 0 aliphatic heterocycles. The van der Waals surface area contributed by atoms with E-state index in [9.17, 15) is 9.59 Å². The van der Waals surface area contributed by atoms with Gasteiger partial charge >= 0.3 is 0 Å². The van der Waals surface area contributed by atoms with Gasteiger partial charge in [-0.2, -0.15) is 0 Å². The molecule has 1 N–H and O–H groups in total. The third kappa shape index (κ3) is 5.04. The van der Waals surface area contributed by atoms with E-state index in [2.05, 4.69) is 5.32 Å². The predicted octanol–water partition coefficient (Wildman–Crippen LogP) is 5.52. The molecule has 0 saturated carbocycles. The number of ether oxygens (including phenoxy) is 1. The van der Waals surface area contributed by atoms with Gasteiger partial charge in [-0.05, 0) is 42.0 Å². The quantitative estimate of drug-likeness (QED) is 0.224. The Kier molecular flexibility index (Phi) is 6.86. The highest BCUT2D eigenvalue weighted by atomic mass is 32.2. The van der Waals surface area contributed by atoms with E-state index < -0.39 is 5.25 Å². The van der Waals surface area contributed by atoms with Gasteiger partial charge in [0.15, 0.2) is 5.16 Å². The number of methoxy groups -OCH3 is 1. The number of benzene rings is 3. The fourth-order valence-electron chi connectivity index (χ4n) is 3.85. The number of hydrogen-bond acceptors (Lipinski definition) is 6. The fourth-order valence-corrected chi connectivity index (χ4v) is 4.95. The molecular weight excluding hydrogens is 474 g/mol. The van der Waals surface area contributed by atoms with Crippen LogP contribution >= 0.6 is 11.8 Å². The molecule has 0 aliphatic carbocycles. The van der Waals surface area contributed by atoms with Crippen LogP contribution in [0.15, 0.2) is 112 Å². The van der Waals surface area contributed by atoms with Crippen LogP contribution in [0, 0.1) is 0 Å². The highest BCUT2D eigenvalue weighted by Gasteiger charge is 2.26. The summed E-state index contributed by atoms with van der Waals surface area (Å²) in [5, 5.41) is 3.23. The van der Waals surface area contributed by atoms with E-state index in [0.29, 0.717) is 33.3 Å². The largest absolute Gasteiger partial charge is 0.497 e. The number of para-hydroxylation sites is 1. The molecule has 0 saturated heterocycles. The van der Waals surface area contributed by atoms with Gasteiger partial charge in [-0.15, -0.1) is 0 Å². The molecule has 0 spiro atoms. The molecule has 1 unspecified atom stereocenters. The maximum Gasteiger partial charge on any atom is 0.262 e. The van der Waals surface area contributed by atoms with Crippen LogP contribution < -0.4 is 15.6 Å². The number of hydrogen-bond donors (Lipinski definition) is 1. The second-order valence-electron chi connectivity index (χ2n) is 8.01. The highest BCUT2D eigenvalue weighted by Crippen LogP contribution is 2.36. The van der Waals surface area contributed by atoms with E-state index in [1.54, 1.807) is 54.3 Å². The van der Waals surface area contributed by atoms with Crippen molar-refractivity contribution >= 4 is 34.3 Å². The van der Waals surface area contributed by atoms with Gasteiger partial charge in [-0.25, -0.2) is 4.98 Å². The summed E-state index contributed by atoms with van der Waals surface area (Å²) in [4.78, 5) is 31.8. The van der Waals surface area contributed by atoms with Crippen molar-refractivity contribution in [2.75, 3.05) is 12.4 Å². The SMILES string of the molecule is COc1cccc(NC(=O)C(Sc2nc3ccccc3c(=O)n2Cc2ccco2)c2ccccc2)c1. The lowest BCUT2D eigenvalue weighted by atomic mass is 10.1. The van der Waals surface area contributed by atoms with Crippen molar-refractivity contribution < 1.29 is 13.9 Å². The van der Waals surface area contributed by atoms with E-state index in [1.165, 1.54) is 11.8 Å². The molecule has 0 aliphatic rings. The number of nitrogens with one attached hydrogen (secondary N) is 1. The van der Waals surface area contributed by atoms with Gasteiger partial charge in [0.1, 0.15) is 16.8 Å². The Bertz CT molecular complexity index is 1550. The third-order valence-electron chi connectivity index (χ3n) is 5.62. The van der Waals surface area contributed by atoms with E-state index in [0.717, 1.165) is 5.56 Å². The second kappa shape index (κ2) is 10.5. The van der Waals surface area contributed by atoms with Crippen molar-refractivity contribution in [2.24, 2.45) is 0 Å². The molecule has 7 nitrogen and oxygen atoms in total. The summed E-state index contributed by atoms with van der Waals surface area (Å²) in [7, 11) is 1.58. The van der Waals surface area contributed by atoms with E-state index >= 15 is 0 Å². The summed E-state index contributed by atoms with van der Waals surface area (Å²) in [6.07, 6.45) is 1.57. The van der Waals surface area contributed by atoms with E-state index in [4.69, 9.17) is 14.1 Å². The molecule has 3 aromatic carbocycles. The lowest BCUT2D eigenvalue weighted by molar-refractivity contribution is -0.115. The van der Waals surface area contributed by atoms with Crippen LogP contribution in [0.1, 0.15) is 16.6 Å². The number of carbonyl (C=O) groups excluding carboxylic acids is 1. The Balaban J connectivity index is 1.56. The zero-order valence-corrected chi connectivity index (χ0v) is 20.3. The first kappa shape index (κ1) is 23.4. The Hall–Kier alpha value is -4.30. The van der Waals surface area contributed by atoms with Gasteiger partial charge in [0.25, 0.3) is 5.56 Å². The minimum absolute atomic E-state index is 0.195. The molecule has 1 amide bonds. The average Bonchev–Trinajstić information content (AvgIpc) is 3.43. The Labute approximate surface area is 211 Å². The summed E-state index contributed by atoms with van der Waals surface area (Å²) < 4.78 is 12.3. The molecule has 1 atom stereocenters. The van der Waals surface area contributed by atoms with Crippen molar-refractivity contribution in [3.05, 3.63) is 119 Å². The summed E-state index contributed by atoms with van der Waals surface area (Å²) in [6, 6.07) is 27.4. The van der Waals surface area contributed by atoms with Crippen molar-refractivity contribution in [3.8, 4) is 5.75 Å². The van der Waals surface area contributed by atoms with Crippen LogP contribution in [0.3, 0.4) is 0 Å². The number of amides is 1. The number of rotatable bonds is 8. The molecule has 2 aromatic heterocycles. The smallest absolute Gasteiger partial charge is 0.262 e. The Morgan fingerprint density at radius 3 is 2.61 bits per heavy atom. The second-order valence-corrected chi connectivity index (χ2v) is 9.08. The first-order chi connectivity index (χ1) is 17.6. The average molecular weight is 498 g/mol. The number of fused-ring (bicyclic) bond motifs is 1. The maximum atomic E-state index is 13.6. The standard InChI is InChI=1S/C28H23N3O4S/c1-34-21-12-7-11-20(17-21)29-26(32)25(19-9-3-2-4-10-19)36-28-30-24-15-6-5-14-23(24)27(33)31(28)18-22-13-8-16-35-22/h2-17,25H,18H2,1H3,(H,29,32). The minimum atomic E-state index is -0.673. The topological polar surface area (TPSA) is 86.4 Å². The van der Waals surface area contributed by atoms with Gasteiger partial charge < -0.3 is 14.5 Å². The molecule has 0 fully saturated rings. The van der Waals surface area contributed by atoms with Crippen LogP contribution in [0.5, 0.6) is 5.75 Å². The first-order valence-electron chi connectivity index (χ1n) is 11.3. The van der Waals surface area contributed by atoms with Crippen LogP contribution in [-0.4, -0.2) is 22.6 Å². The number of aromatic nitrogens is 2. The Morgan fingerprint density at radius 1 is 1.03 bits per heavy atom. The maximum absolute atomic E-state index is 13.6. The number of carbonyl (C=O) groups is 1. The number of anilines is 1. The van der Waals surface area contributed by atoms with Crippen molar-refractivity contribution in [1.82, 2.24) is 9.55 Å². The molecule has 180 valence electrons. The molecule has 5 aromatic rings. The van der Waals surface area contributed by atoms with Gasteiger partial charge in [0, 0.05) is 11.8 Å². The lowest BCUT2D eigenvalue weighted by Crippen LogP contribution is -2.25.